The van der Waals surface area contributed by atoms with E-state index in [1.165, 1.54) is 0 Å². The predicted molar refractivity (Wildman–Crippen MR) is 118 cm³/mol. The largest absolute Gasteiger partial charge is 0.338 e. The van der Waals surface area contributed by atoms with Gasteiger partial charge in [-0.3, -0.25) is 9.69 Å². The molecule has 1 saturated heterocycles. The summed E-state index contributed by atoms with van der Waals surface area (Å²) < 4.78 is 5.42. The molecule has 1 fully saturated rings. The highest BCUT2D eigenvalue weighted by Gasteiger charge is 2.27. The minimum Gasteiger partial charge on any atom is -0.338 e. The van der Waals surface area contributed by atoms with E-state index in [0.29, 0.717) is 34.8 Å². The van der Waals surface area contributed by atoms with Gasteiger partial charge in [0.05, 0.1) is 12.5 Å². The van der Waals surface area contributed by atoms with Crippen molar-refractivity contribution in [2.24, 2.45) is 5.92 Å². The Morgan fingerprint density at radius 1 is 1.27 bits per heavy atom. The number of nitrogens with zero attached hydrogens (tertiary/aromatic N) is 3. The van der Waals surface area contributed by atoms with Crippen molar-refractivity contribution >= 4 is 34.8 Å². The SMILES string of the molecule is Cc1c(Cl)cccc1NC(=O)C1CCCN(Cc2nc(-c3cccc(Cl)c3)no2)C1. The van der Waals surface area contributed by atoms with E-state index in [1.54, 1.807) is 12.1 Å². The van der Waals surface area contributed by atoms with Gasteiger partial charge in [0.1, 0.15) is 0 Å². The first-order chi connectivity index (χ1) is 14.5. The number of likely N-dealkylation sites (tertiary alicyclic amines) is 1. The van der Waals surface area contributed by atoms with E-state index in [4.69, 9.17) is 27.7 Å². The number of anilines is 1. The van der Waals surface area contributed by atoms with Gasteiger partial charge in [0.2, 0.25) is 17.6 Å². The Hall–Kier alpha value is -2.41. The van der Waals surface area contributed by atoms with E-state index in [-0.39, 0.29) is 11.8 Å². The van der Waals surface area contributed by atoms with Gasteiger partial charge in [0.25, 0.3) is 0 Å². The molecular weight excluding hydrogens is 423 g/mol. The van der Waals surface area contributed by atoms with Crippen LogP contribution < -0.4 is 5.32 Å². The average molecular weight is 445 g/mol. The van der Waals surface area contributed by atoms with Crippen molar-refractivity contribution in [3.63, 3.8) is 0 Å². The van der Waals surface area contributed by atoms with Crippen LogP contribution in [0.4, 0.5) is 5.69 Å². The predicted octanol–water partition coefficient (Wildman–Crippen LogP) is 5.20. The molecule has 8 heteroatoms. The summed E-state index contributed by atoms with van der Waals surface area (Å²) in [6.45, 7) is 3.93. The molecule has 0 bridgehead atoms. The number of halogens is 2. The van der Waals surface area contributed by atoms with Gasteiger partial charge in [-0.2, -0.15) is 4.98 Å². The lowest BCUT2D eigenvalue weighted by Crippen LogP contribution is -2.40. The number of amides is 1. The smallest absolute Gasteiger partial charge is 0.241 e. The van der Waals surface area contributed by atoms with E-state index in [2.05, 4.69) is 20.4 Å². The van der Waals surface area contributed by atoms with Crippen LogP contribution >= 0.6 is 23.2 Å². The molecular formula is C22H22Cl2N4O2. The van der Waals surface area contributed by atoms with Crippen LogP contribution in [0.3, 0.4) is 0 Å². The molecule has 156 valence electrons. The summed E-state index contributed by atoms with van der Waals surface area (Å²) in [6.07, 6.45) is 1.78. The highest BCUT2D eigenvalue weighted by atomic mass is 35.5. The van der Waals surface area contributed by atoms with Crippen LogP contribution in [0.5, 0.6) is 0 Å². The Bertz CT molecular complexity index is 1050. The second-order valence-electron chi connectivity index (χ2n) is 7.50. The summed E-state index contributed by atoms with van der Waals surface area (Å²) >= 11 is 12.2. The van der Waals surface area contributed by atoms with Gasteiger partial charge in [-0.05, 0) is 56.1 Å². The molecule has 4 rings (SSSR count). The standard InChI is InChI=1S/C22H22Cl2N4O2/c1-14-18(24)8-3-9-19(14)25-22(29)16-6-4-10-28(12-16)13-20-26-21(27-30-20)15-5-2-7-17(23)11-15/h2-3,5,7-9,11,16H,4,6,10,12-13H2,1H3,(H,25,29). The molecule has 0 spiro atoms. The number of piperidine rings is 1. The number of carbonyl (C=O) groups excluding carboxylic acids is 1. The maximum Gasteiger partial charge on any atom is 0.241 e. The second kappa shape index (κ2) is 9.16. The van der Waals surface area contributed by atoms with Crippen molar-refractivity contribution in [3.05, 3.63) is 64.0 Å². The summed E-state index contributed by atoms with van der Waals surface area (Å²) in [5, 5.41) is 8.35. The lowest BCUT2D eigenvalue weighted by molar-refractivity contribution is -0.121. The minimum atomic E-state index is -0.104. The second-order valence-corrected chi connectivity index (χ2v) is 8.34. The first kappa shape index (κ1) is 20.8. The third-order valence-corrected chi connectivity index (χ3v) is 5.96. The number of carbonyl (C=O) groups is 1. The van der Waals surface area contributed by atoms with Gasteiger partial charge in [0, 0.05) is 27.8 Å². The number of rotatable bonds is 5. The van der Waals surface area contributed by atoms with Crippen molar-refractivity contribution in [3.8, 4) is 11.4 Å². The third-order valence-electron chi connectivity index (χ3n) is 5.31. The van der Waals surface area contributed by atoms with Gasteiger partial charge < -0.3 is 9.84 Å². The van der Waals surface area contributed by atoms with E-state index in [1.807, 2.05) is 37.3 Å². The van der Waals surface area contributed by atoms with Crippen molar-refractivity contribution < 1.29 is 9.32 Å². The van der Waals surface area contributed by atoms with Crippen LogP contribution in [-0.4, -0.2) is 34.0 Å². The van der Waals surface area contributed by atoms with Gasteiger partial charge in [-0.15, -0.1) is 0 Å². The molecule has 1 N–H and O–H groups in total. The molecule has 1 aliphatic heterocycles. The molecule has 0 radical (unpaired) electrons. The van der Waals surface area contributed by atoms with Crippen molar-refractivity contribution in [1.82, 2.24) is 15.0 Å². The normalized spacial score (nSPS) is 17.1. The zero-order chi connectivity index (χ0) is 21.1. The van der Waals surface area contributed by atoms with Crippen LogP contribution in [0.25, 0.3) is 11.4 Å². The van der Waals surface area contributed by atoms with E-state index < -0.39 is 0 Å². The van der Waals surface area contributed by atoms with E-state index in [9.17, 15) is 4.79 Å². The Kier molecular flexibility index (Phi) is 6.37. The highest BCUT2D eigenvalue weighted by molar-refractivity contribution is 6.31. The van der Waals surface area contributed by atoms with Crippen LogP contribution in [0.15, 0.2) is 47.0 Å². The number of hydrogen-bond acceptors (Lipinski definition) is 5. The molecule has 0 aliphatic carbocycles. The fraction of sp³-hybridized carbons (Fsp3) is 0.318. The summed E-state index contributed by atoms with van der Waals surface area (Å²) in [5.41, 5.74) is 2.44. The Morgan fingerprint density at radius 3 is 2.93 bits per heavy atom. The maximum absolute atomic E-state index is 12.8. The first-order valence-electron chi connectivity index (χ1n) is 9.86. The molecule has 1 aromatic heterocycles. The van der Waals surface area contributed by atoms with Crippen LogP contribution in [0.2, 0.25) is 10.0 Å². The highest BCUT2D eigenvalue weighted by Crippen LogP contribution is 2.26. The summed E-state index contributed by atoms with van der Waals surface area (Å²) in [7, 11) is 0. The van der Waals surface area contributed by atoms with Gasteiger partial charge in [-0.1, -0.05) is 46.6 Å². The number of hydrogen-bond donors (Lipinski definition) is 1. The topological polar surface area (TPSA) is 71.3 Å². The Labute approximate surface area is 185 Å². The lowest BCUT2D eigenvalue weighted by Gasteiger charge is -2.31. The Balaban J connectivity index is 1.38. The number of aromatic nitrogens is 2. The third kappa shape index (κ3) is 4.83. The molecule has 3 aromatic rings. The molecule has 1 atom stereocenters. The zero-order valence-corrected chi connectivity index (χ0v) is 18.1. The molecule has 6 nitrogen and oxygen atoms in total. The van der Waals surface area contributed by atoms with Crippen molar-refractivity contribution in [2.45, 2.75) is 26.3 Å². The van der Waals surface area contributed by atoms with Crippen molar-refractivity contribution in [2.75, 3.05) is 18.4 Å². The van der Waals surface area contributed by atoms with Gasteiger partial charge in [-0.25, -0.2) is 0 Å². The summed E-state index contributed by atoms with van der Waals surface area (Å²) in [6, 6.07) is 12.9. The Morgan fingerprint density at radius 2 is 2.10 bits per heavy atom. The fourth-order valence-electron chi connectivity index (χ4n) is 3.65. The number of benzene rings is 2. The molecule has 1 unspecified atom stereocenters. The maximum atomic E-state index is 12.8. The van der Waals surface area contributed by atoms with E-state index >= 15 is 0 Å². The molecule has 2 heterocycles. The fourth-order valence-corrected chi connectivity index (χ4v) is 4.01. The number of nitrogens with one attached hydrogen (secondary N) is 1. The minimum absolute atomic E-state index is 0.00946. The molecule has 2 aromatic carbocycles. The molecule has 1 amide bonds. The summed E-state index contributed by atoms with van der Waals surface area (Å²) in [4.78, 5) is 19.5. The van der Waals surface area contributed by atoms with Crippen LogP contribution in [0, 0.1) is 12.8 Å². The first-order valence-corrected chi connectivity index (χ1v) is 10.6. The molecule has 0 saturated carbocycles. The molecule has 30 heavy (non-hydrogen) atoms. The molecule has 1 aliphatic rings. The summed E-state index contributed by atoms with van der Waals surface area (Å²) in [5.74, 6) is 0.939. The van der Waals surface area contributed by atoms with Crippen LogP contribution in [-0.2, 0) is 11.3 Å². The van der Waals surface area contributed by atoms with E-state index in [0.717, 1.165) is 36.2 Å². The quantitative estimate of drug-likeness (QED) is 0.585. The average Bonchev–Trinajstić information content (AvgIpc) is 3.20. The lowest BCUT2D eigenvalue weighted by atomic mass is 9.97. The van der Waals surface area contributed by atoms with Gasteiger partial charge in [0.15, 0.2) is 0 Å². The van der Waals surface area contributed by atoms with Crippen molar-refractivity contribution in [1.29, 1.82) is 0 Å². The zero-order valence-electron chi connectivity index (χ0n) is 16.6. The monoisotopic (exact) mass is 444 g/mol. The van der Waals surface area contributed by atoms with Gasteiger partial charge >= 0.3 is 0 Å². The van der Waals surface area contributed by atoms with Crippen LogP contribution in [0.1, 0.15) is 24.3 Å².